The van der Waals surface area contributed by atoms with E-state index >= 15 is 0 Å². The first-order chi connectivity index (χ1) is 12.0. The second-order valence-corrected chi connectivity index (χ2v) is 5.83. The van der Waals surface area contributed by atoms with Crippen LogP contribution in [-0.4, -0.2) is 29.0 Å². The monoisotopic (exact) mass is 348 g/mol. The Bertz CT molecular complexity index is 722. The Morgan fingerprint density at radius 2 is 1.88 bits per heavy atom. The van der Waals surface area contributed by atoms with Crippen molar-refractivity contribution in [3.8, 4) is 5.75 Å². The molecule has 2 aromatic rings. The molecule has 0 fully saturated rings. The van der Waals surface area contributed by atoms with Gasteiger partial charge in [0.1, 0.15) is 5.75 Å². The number of carbonyl (C=O) groups is 1. The van der Waals surface area contributed by atoms with E-state index < -0.39 is 11.6 Å². The van der Waals surface area contributed by atoms with Gasteiger partial charge >= 0.3 is 0 Å². The maximum atomic E-state index is 13.2. The fraction of sp³-hybridized carbons (Fsp3) is 0.316. The van der Waals surface area contributed by atoms with Crippen LogP contribution in [0.5, 0.6) is 5.75 Å². The zero-order valence-corrected chi connectivity index (χ0v) is 14.1. The summed E-state index contributed by atoms with van der Waals surface area (Å²) < 4.78 is 26.1. The van der Waals surface area contributed by atoms with Gasteiger partial charge in [0.2, 0.25) is 5.91 Å². The molecule has 6 heteroatoms. The number of nitrogens with one attached hydrogen (secondary N) is 1. The lowest BCUT2D eigenvalue weighted by Gasteiger charge is -2.22. The van der Waals surface area contributed by atoms with E-state index in [2.05, 4.69) is 10.2 Å². The van der Waals surface area contributed by atoms with E-state index in [0.717, 1.165) is 30.7 Å². The molecule has 0 spiro atoms. The molecule has 134 valence electrons. The highest BCUT2D eigenvalue weighted by Crippen LogP contribution is 2.18. The number of carbonyl (C=O) groups excluding carboxylic acids is 1. The number of phenolic OH excluding ortho intramolecular Hbond substituents is 1. The first kappa shape index (κ1) is 18.9. The minimum absolute atomic E-state index is 0.215. The Morgan fingerprint density at radius 3 is 2.56 bits per heavy atom. The Labute approximate surface area is 146 Å². The normalized spacial score (nSPS) is 10.9. The molecule has 0 bridgehead atoms. The summed E-state index contributed by atoms with van der Waals surface area (Å²) >= 11 is 0. The van der Waals surface area contributed by atoms with Crippen LogP contribution in [0.1, 0.15) is 25.3 Å². The van der Waals surface area contributed by atoms with Gasteiger partial charge in [-0.25, -0.2) is 8.78 Å². The fourth-order valence-electron chi connectivity index (χ4n) is 2.53. The molecule has 0 atom stereocenters. The van der Waals surface area contributed by atoms with Gasteiger partial charge in [0.25, 0.3) is 0 Å². The number of nitrogens with zero attached hydrogens (tertiary/aromatic N) is 1. The Hall–Kier alpha value is -2.47. The second kappa shape index (κ2) is 9.13. The number of anilines is 1. The van der Waals surface area contributed by atoms with Crippen LogP contribution in [0, 0.1) is 11.6 Å². The van der Waals surface area contributed by atoms with E-state index in [0.29, 0.717) is 13.1 Å². The summed E-state index contributed by atoms with van der Waals surface area (Å²) in [6.45, 7) is 3.86. The lowest BCUT2D eigenvalue weighted by atomic mass is 10.1. The van der Waals surface area contributed by atoms with Gasteiger partial charge in [0.05, 0.1) is 0 Å². The van der Waals surface area contributed by atoms with Crippen LogP contribution >= 0.6 is 0 Å². The van der Waals surface area contributed by atoms with E-state index in [1.165, 1.54) is 6.07 Å². The number of halogens is 2. The number of benzene rings is 2. The molecule has 2 aromatic carbocycles. The Balaban J connectivity index is 1.90. The van der Waals surface area contributed by atoms with Crippen molar-refractivity contribution in [2.45, 2.75) is 26.3 Å². The predicted molar refractivity (Wildman–Crippen MR) is 93.3 cm³/mol. The second-order valence-electron chi connectivity index (χ2n) is 5.83. The quantitative estimate of drug-likeness (QED) is 0.760. The molecule has 0 saturated heterocycles. The van der Waals surface area contributed by atoms with Crippen LogP contribution in [0.3, 0.4) is 0 Å². The van der Waals surface area contributed by atoms with Crippen molar-refractivity contribution in [2.75, 3.05) is 18.4 Å². The zero-order chi connectivity index (χ0) is 18.2. The Kier molecular flexibility index (Phi) is 6.89. The van der Waals surface area contributed by atoms with Gasteiger partial charge in [-0.15, -0.1) is 0 Å². The summed E-state index contributed by atoms with van der Waals surface area (Å²) in [5, 5.41) is 12.4. The molecule has 2 rings (SSSR count). The third-order valence-corrected chi connectivity index (χ3v) is 3.78. The Morgan fingerprint density at radius 1 is 1.12 bits per heavy atom. The summed E-state index contributed by atoms with van der Waals surface area (Å²) in [5.74, 6) is -1.99. The fourth-order valence-corrected chi connectivity index (χ4v) is 2.53. The summed E-state index contributed by atoms with van der Waals surface area (Å²) in [6.07, 6.45) is 1.13. The molecule has 0 heterocycles. The average Bonchev–Trinajstić information content (AvgIpc) is 2.58. The molecule has 2 N–H and O–H groups in total. The van der Waals surface area contributed by atoms with Crippen LogP contribution in [0.15, 0.2) is 42.5 Å². The maximum absolute atomic E-state index is 13.2. The molecule has 0 aliphatic rings. The van der Waals surface area contributed by atoms with Crippen molar-refractivity contribution in [1.29, 1.82) is 0 Å². The number of hydrogen-bond acceptors (Lipinski definition) is 3. The molecule has 25 heavy (non-hydrogen) atoms. The van der Waals surface area contributed by atoms with E-state index in [4.69, 9.17) is 0 Å². The number of para-hydroxylation sites is 1. The van der Waals surface area contributed by atoms with Gasteiger partial charge in [0.15, 0.2) is 11.6 Å². The van der Waals surface area contributed by atoms with Crippen molar-refractivity contribution in [1.82, 2.24) is 4.90 Å². The largest absolute Gasteiger partial charge is 0.508 e. The third kappa shape index (κ3) is 5.83. The van der Waals surface area contributed by atoms with Gasteiger partial charge < -0.3 is 10.4 Å². The van der Waals surface area contributed by atoms with Gasteiger partial charge in [-0.1, -0.05) is 25.1 Å². The van der Waals surface area contributed by atoms with Crippen LogP contribution < -0.4 is 5.32 Å². The minimum atomic E-state index is -0.995. The van der Waals surface area contributed by atoms with Crippen LogP contribution in [-0.2, 0) is 11.3 Å². The van der Waals surface area contributed by atoms with Gasteiger partial charge in [-0.05, 0) is 31.2 Å². The SMILES string of the molecule is CCCN(CCC(=O)Nc1ccc(F)c(F)c1)Cc1ccccc1O. The number of rotatable bonds is 8. The first-order valence-electron chi connectivity index (χ1n) is 8.23. The van der Waals surface area contributed by atoms with Crippen molar-refractivity contribution in [2.24, 2.45) is 0 Å². The number of aromatic hydroxyl groups is 1. The van der Waals surface area contributed by atoms with Crippen molar-refractivity contribution < 1.29 is 18.7 Å². The number of amides is 1. The number of phenols is 1. The van der Waals surface area contributed by atoms with Gasteiger partial charge in [-0.3, -0.25) is 9.69 Å². The average molecular weight is 348 g/mol. The van der Waals surface area contributed by atoms with E-state index in [-0.39, 0.29) is 23.8 Å². The molecule has 0 unspecified atom stereocenters. The van der Waals surface area contributed by atoms with Crippen molar-refractivity contribution in [3.63, 3.8) is 0 Å². The highest BCUT2D eigenvalue weighted by Gasteiger charge is 2.11. The first-order valence-corrected chi connectivity index (χ1v) is 8.23. The van der Waals surface area contributed by atoms with Gasteiger partial charge in [-0.2, -0.15) is 0 Å². The highest BCUT2D eigenvalue weighted by atomic mass is 19.2. The molecule has 1 amide bonds. The molecular weight excluding hydrogens is 326 g/mol. The van der Waals surface area contributed by atoms with Crippen molar-refractivity contribution in [3.05, 3.63) is 59.7 Å². The van der Waals surface area contributed by atoms with Crippen molar-refractivity contribution >= 4 is 11.6 Å². The molecule has 0 aromatic heterocycles. The molecule has 0 radical (unpaired) electrons. The third-order valence-electron chi connectivity index (χ3n) is 3.78. The van der Waals surface area contributed by atoms with E-state index in [1.54, 1.807) is 12.1 Å². The van der Waals surface area contributed by atoms with E-state index in [9.17, 15) is 18.7 Å². The standard InChI is InChI=1S/C19H22F2N2O2/c1-2-10-23(13-14-5-3-4-6-18(14)24)11-9-19(25)22-15-7-8-16(20)17(21)12-15/h3-8,12,24H,2,9-11,13H2,1H3,(H,22,25). The minimum Gasteiger partial charge on any atom is -0.508 e. The molecule has 0 aliphatic carbocycles. The molecular formula is C19H22F2N2O2. The van der Waals surface area contributed by atoms with Crippen LogP contribution in [0.4, 0.5) is 14.5 Å². The zero-order valence-electron chi connectivity index (χ0n) is 14.1. The smallest absolute Gasteiger partial charge is 0.225 e. The summed E-state index contributed by atoms with van der Waals surface area (Å²) in [7, 11) is 0. The summed E-state index contributed by atoms with van der Waals surface area (Å²) in [6, 6.07) is 10.4. The van der Waals surface area contributed by atoms with Gasteiger partial charge in [0, 0.05) is 36.8 Å². The summed E-state index contributed by atoms with van der Waals surface area (Å²) in [5.41, 5.74) is 1.03. The molecule has 4 nitrogen and oxygen atoms in total. The predicted octanol–water partition coefficient (Wildman–Crippen LogP) is 3.91. The van der Waals surface area contributed by atoms with E-state index in [1.807, 2.05) is 19.1 Å². The molecule has 0 aliphatic heterocycles. The number of hydrogen-bond donors (Lipinski definition) is 2. The topological polar surface area (TPSA) is 52.6 Å². The maximum Gasteiger partial charge on any atom is 0.225 e. The van der Waals surface area contributed by atoms with Crippen LogP contribution in [0.25, 0.3) is 0 Å². The lowest BCUT2D eigenvalue weighted by molar-refractivity contribution is -0.116. The lowest BCUT2D eigenvalue weighted by Crippen LogP contribution is -2.28. The molecule has 0 saturated carbocycles. The highest BCUT2D eigenvalue weighted by molar-refractivity contribution is 5.90. The van der Waals surface area contributed by atoms with Crippen LogP contribution in [0.2, 0.25) is 0 Å². The summed E-state index contributed by atoms with van der Waals surface area (Å²) in [4.78, 5) is 14.1.